The molecule has 0 aliphatic carbocycles. The number of aromatic nitrogens is 1. The third kappa shape index (κ3) is 3.78. The summed E-state index contributed by atoms with van der Waals surface area (Å²) in [6.07, 6.45) is 1.12. The Morgan fingerprint density at radius 2 is 1.93 bits per heavy atom. The van der Waals surface area contributed by atoms with Crippen molar-refractivity contribution < 1.29 is 23.5 Å². The van der Waals surface area contributed by atoms with E-state index >= 15 is 0 Å². The summed E-state index contributed by atoms with van der Waals surface area (Å²) in [5.74, 6) is 1.92. The van der Waals surface area contributed by atoms with Crippen LogP contribution in [0, 0.1) is 13.8 Å². The molecule has 3 rings (SSSR count). The van der Waals surface area contributed by atoms with Crippen LogP contribution in [-0.2, 0) is 22.5 Å². The van der Waals surface area contributed by atoms with E-state index < -0.39 is 0 Å². The number of carbonyl (C=O) groups is 1. The Bertz CT molecular complexity index is 811. The topological polar surface area (TPSA) is 74.0 Å². The van der Waals surface area contributed by atoms with Crippen LogP contribution >= 0.6 is 0 Å². The van der Waals surface area contributed by atoms with Gasteiger partial charge in [-0.3, -0.25) is 9.69 Å². The molecule has 0 amide bonds. The Morgan fingerprint density at radius 1 is 1.22 bits per heavy atom. The minimum Gasteiger partial charge on any atom is -0.493 e. The molecule has 1 aliphatic rings. The zero-order valence-electron chi connectivity index (χ0n) is 16.5. The van der Waals surface area contributed by atoms with E-state index in [-0.39, 0.29) is 18.4 Å². The number of esters is 1. The summed E-state index contributed by atoms with van der Waals surface area (Å²) in [5, 5.41) is 4.05. The fraction of sp³-hybridized carbons (Fsp3) is 0.500. The highest BCUT2D eigenvalue weighted by atomic mass is 16.5. The zero-order chi connectivity index (χ0) is 19.6. The second-order valence-corrected chi connectivity index (χ2v) is 6.73. The molecule has 1 aromatic carbocycles. The molecular weight excluding hydrogens is 348 g/mol. The Morgan fingerprint density at radius 3 is 2.52 bits per heavy atom. The SMILES string of the molecule is COC(=O)C[C@@H]1c2cc(OC)c(OC)cc2CCN1Cc1c(C)noc1C. The first-order valence-electron chi connectivity index (χ1n) is 8.95. The molecule has 27 heavy (non-hydrogen) atoms. The highest BCUT2D eigenvalue weighted by Crippen LogP contribution is 2.40. The molecule has 2 heterocycles. The van der Waals surface area contributed by atoms with Crippen molar-refractivity contribution in [2.45, 2.75) is 39.3 Å². The Balaban J connectivity index is 1.99. The number of aryl methyl sites for hydroxylation is 2. The predicted molar refractivity (Wildman–Crippen MR) is 99.0 cm³/mol. The van der Waals surface area contributed by atoms with Gasteiger partial charge in [-0.1, -0.05) is 5.16 Å². The molecule has 0 saturated heterocycles. The maximum absolute atomic E-state index is 12.1. The predicted octanol–water partition coefficient (Wildman–Crippen LogP) is 2.97. The van der Waals surface area contributed by atoms with Crippen molar-refractivity contribution in [2.24, 2.45) is 0 Å². The van der Waals surface area contributed by atoms with Crippen LogP contribution in [-0.4, -0.2) is 43.9 Å². The maximum Gasteiger partial charge on any atom is 0.307 e. The van der Waals surface area contributed by atoms with Crippen LogP contribution in [0.2, 0.25) is 0 Å². The van der Waals surface area contributed by atoms with E-state index in [1.165, 1.54) is 7.11 Å². The van der Waals surface area contributed by atoms with E-state index in [1.807, 2.05) is 26.0 Å². The van der Waals surface area contributed by atoms with Gasteiger partial charge in [-0.15, -0.1) is 0 Å². The molecule has 1 aromatic heterocycles. The van der Waals surface area contributed by atoms with E-state index in [4.69, 9.17) is 18.7 Å². The molecule has 2 aromatic rings. The number of methoxy groups -OCH3 is 3. The number of benzene rings is 1. The van der Waals surface area contributed by atoms with Gasteiger partial charge in [0.25, 0.3) is 0 Å². The van der Waals surface area contributed by atoms with Crippen molar-refractivity contribution in [3.63, 3.8) is 0 Å². The zero-order valence-corrected chi connectivity index (χ0v) is 16.5. The van der Waals surface area contributed by atoms with E-state index in [0.717, 1.165) is 41.1 Å². The Kier molecular flexibility index (Phi) is 5.70. The first kappa shape index (κ1) is 19.2. The smallest absolute Gasteiger partial charge is 0.307 e. The molecule has 0 spiro atoms. The van der Waals surface area contributed by atoms with Crippen LogP contribution in [0.15, 0.2) is 16.7 Å². The van der Waals surface area contributed by atoms with Crippen LogP contribution < -0.4 is 9.47 Å². The van der Waals surface area contributed by atoms with Crippen molar-refractivity contribution >= 4 is 5.97 Å². The average Bonchev–Trinajstić information content (AvgIpc) is 3.00. The molecule has 1 atom stereocenters. The van der Waals surface area contributed by atoms with E-state index in [2.05, 4.69) is 10.1 Å². The van der Waals surface area contributed by atoms with Gasteiger partial charge in [0.2, 0.25) is 0 Å². The van der Waals surface area contributed by atoms with Crippen molar-refractivity contribution in [1.82, 2.24) is 10.1 Å². The highest BCUT2D eigenvalue weighted by Gasteiger charge is 2.32. The van der Waals surface area contributed by atoms with Crippen LogP contribution in [0.5, 0.6) is 11.5 Å². The minimum atomic E-state index is -0.244. The molecule has 7 heteroatoms. The van der Waals surface area contributed by atoms with Crippen LogP contribution in [0.25, 0.3) is 0 Å². The van der Waals surface area contributed by atoms with Crippen molar-refractivity contribution in [2.75, 3.05) is 27.9 Å². The van der Waals surface area contributed by atoms with Gasteiger partial charge in [0, 0.05) is 24.7 Å². The van der Waals surface area contributed by atoms with Crippen molar-refractivity contribution in [3.05, 3.63) is 40.3 Å². The summed E-state index contributed by atoms with van der Waals surface area (Å²) >= 11 is 0. The number of hydrogen-bond acceptors (Lipinski definition) is 7. The van der Waals surface area contributed by atoms with Crippen LogP contribution in [0.3, 0.4) is 0 Å². The molecule has 0 unspecified atom stereocenters. The van der Waals surface area contributed by atoms with Gasteiger partial charge < -0.3 is 18.7 Å². The lowest BCUT2D eigenvalue weighted by molar-refractivity contribution is -0.142. The molecule has 0 bridgehead atoms. The fourth-order valence-electron chi connectivity index (χ4n) is 3.68. The first-order valence-corrected chi connectivity index (χ1v) is 8.95. The van der Waals surface area contributed by atoms with E-state index in [0.29, 0.717) is 18.0 Å². The summed E-state index contributed by atoms with van der Waals surface area (Å²) in [6, 6.07) is 3.86. The lowest BCUT2D eigenvalue weighted by atomic mass is 9.89. The number of ether oxygens (including phenoxy) is 3. The van der Waals surface area contributed by atoms with Crippen LogP contribution in [0.4, 0.5) is 0 Å². The lowest BCUT2D eigenvalue weighted by Crippen LogP contribution is -2.36. The summed E-state index contributed by atoms with van der Waals surface area (Å²) in [5.41, 5.74) is 4.17. The standard InChI is InChI=1S/C20H26N2O5/c1-12-16(13(2)27-21-12)11-22-7-6-14-8-18(24-3)19(25-4)9-15(14)17(22)10-20(23)26-5/h8-9,17H,6-7,10-11H2,1-5H3/t17-/m1/s1. The second-order valence-electron chi connectivity index (χ2n) is 6.73. The summed E-state index contributed by atoms with van der Waals surface area (Å²) < 4.78 is 21.2. The van der Waals surface area contributed by atoms with Gasteiger partial charge in [0.05, 0.1) is 33.4 Å². The number of fused-ring (bicyclic) bond motifs is 1. The molecule has 146 valence electrons. The van der Waals surface area contributed by atoms with E-state index in [1.54, 1.807) is 14.2 Å². The van der Waals surface area contributed by atoms with Gasteiger partial charge in [-0.25, -0.2) is 0 Å². The molecule has 0 N–H and O–H groups in total. The van der Waals surface area contributed by atoms with Gasteiger partial charge in [0.15, 0.2) is 11.5 Å². The quantitative estimate of drug-likeness (QED) is 0.720. The first-order chi connectivity index (χ1) is 13.0. The highest BCUT2D eigenvalue weighted by molar-refractivity contribution is 5.70. The monoisotopic (exact) mass is 374 g/mol. The Labute approximate surface area is 159 Å². The number of rotatable bonds is 6. The molecule has 0 radical (unpaired) electrons. The third-order valence-corrected chi connectivity index (χ3v) is 5.24. The second kappa shape index (κ2) is 8.00. The number of hydrogen-bond donors (Lipinski definition) is 0. The third-order valence-electron chi connectivity index (χ3n) is 5.24. The maximum atomic E-state index is 12.1. The summed E-state index contributed by atoms with van der Waals surface area (Å²) in [4.78, 5) is 14.4. The van der Waals surface area contributed by atoms with Gasteiger partial charge >= 0.3 is 5.97 Å². The number of nitrogens with zero attached hydrogens (tertiary/aromatic N) is 2. The lowest BCUT2D eigenvalue weighted by Gasteiger charge is -2.37. The summed E-state index contributed by atoms with van der Waals surface area (Å²) in [6.45, 7) is 5.33. The van der Waals surface area contributed by atoms with Crippen LogP contribution in [0.1, 0.15) is 40.6 Å². The van der Waals surface area contributed by atoms with Crippen molar-refractivity contribution in [3.8, 4) is 11.5 Å². The minimum absolute atomic E-state index is 0.116. The van der Waals surface area contributed by atoms with Gasteiger partial charge in [-0.2, -0.15) is 0 Å². The average molecular weight is 374 g/mol. The van der Waals surface area contributed by atoms with E-state index in [9.17, 15) is 4.79 Å². The molecule has 0 saturated carbocycles. The normalized spacial score (nSPS) is 16.7. The number of carbonyl (C=O) groups excluding carboxylic acids is 1. The molecule has 7 nitrogen and oxygen atoms in total. The molecule has 0 fully saturated rings. The molecular formula is C20H26N2O5. The molecule has 1 aliphatic heterocycles. The van der Waals surface area contributed by atoms with Gasteiger partial charge in [0.1, 0.15) is 5.76 Å². The van der Waals surface area contributed by atoms with Gasteiger partial charge in [-0.05, 0) is 43.5 Å². The largest absolute Gasteiger partial charge is 0.493 e. The Hall–Kier alpha value is -2.54. The van der Waals surface area contributed by atoms with Crippen molar-refractivity contribution in [1.29, 1.82) is 0 Å². The fourth-order valence-corrected chi connectivity index (χ4v) is 3.68. The summed E-state index contributed by atoms with van der Waals surface area (Å²) in [7, 11) is 4.66.